The van der Waals surface area contributed by atoms with E-state index in [1.807, 2.05) is 59.3 Å². The number of thiophene rings is 1. The van der Waals surface area contributed by atoms with Gasteiger partial charge in [-0.2, -0.15) is 11.3 Å². The van der Waals surface area contributed by atoms with Crippen molar-refractivity contribution in [3.8, 4) is 11.5 Å². The van der Waals surface area contributed by atoms with Gasteiger partial charge in [-0.1, -0.05) is 42.5 Å². The van der Waals surface area contributed by atoms with E-state index >= 15 is 0 Å². The molecule has 214 valence electrons. The van der Waals surface area contributed by atoms with E-state index < -0.39 is 5.91 Å². The molecule has 0 fully saturated rings. The predicted octanol–water partition coefficient (Wildman–Crippen LogP) is 7.68. The molecule has 3 N–H and O–H groups in total. The monoisotopic (exact) mass is 605 g/mol. The fourth-order valence-corrected chi connectivity index (χ4v) is 5.28. The first kappa shape index (κ1) is 29.4. The molecule has 7 nitrogen and oxygen atoms in total. The van der Waals surface area contributed by atoms with Gasteiger partial charge in [-0.15, -0.1) is 11.8 Å². The number of hydrogen-bond donors (Lipinski definition) is 3. The summed E-state index contributed by atoms with van der Waals surface area (Å²) in [6.45, 7) is 0. The minimum atomic E-state index is -0.463. The molecule has 9 heteroatoms. The van der Waals surface area contributed by atoms with Gasteiger partial charge in [-0.05, 0) is 95.2 Å². The van der Waals surface area contributed by atoms with Crippen LogP contribution in [-0.4, -0.2) is 23.5 Å². The highest BCUT2D eigenvalue weighted by Crippen LogP contribution is 2.25. The lowest BCUT2D eigenvalue weighted by Crippen LogP contribution is -2.30. The van der Waals surface area contributed by atoms with Crippen molar-refractivity contribution < 1.29 is 19.1 Å². The van der Waals surface area contributed by atoms with Crippen molar-refractivity contribution in [2.24, 2.45) is 0 Å². The minimum Gasteiger partial charge on any atom is -0.457 e. The van der Waals surface area contributed by atoms with Crippen LogP contribution in [0.2, 0.25) is 0 Å². The Hall–Kier alpha value is -5.12. The Bertz CT molecular complexity index is 1710. The molecule has 0 aliphatic carbocycles. The molecule has 0 bridgehead atoms. The van der Waals surface area contributed by atoms with Crippen molar-refractivity contribution in [3.05, 3.63) is 143 Å². The molecule has 0 saturated heterocycles. The van der Waals surface area contributed by atoms with Crippen molar-refractivity contribution in [3.63, 3.8) is 0 Å². The second-order valence-corrected chi connectivity index (χ2v) is 11.0. The summed E-state index contributed by atoms with van der Waals surface area (Å²) in [7, 11) is 0. The molecule has 0 aliphatic heterocycles. The van der Waals surface area contributed by atoms with E-state index in [0.717, 1.165) is 16.2 Å². The number of nitrogens with one attached hydrogen (secondary N) is 3. The molecule has 5 rings (SSSR count). The number of carbonyl (C=O) groups is 3. The van der Waals surface area contributed by atoms with E-state index in [2.05, 4.69) is 16.0 Å². The summed E-state index contributed by atoms with van der Waals surface area (Å²) < 4.78 is 5.79. The predicted molar refractivity (Wildman–Crippen MR) is 174 cm³/mol. The molecule has 0 saturated carbocycles. The van der Waals surface area contributed by atoms with Gasteiger partial charge >= 0.3 is 0 Å². The second kappa shape index (κ2) is 14.7. The standard InChI is InChI=1S/C34H27N3O4S2/c38-32(35-26-14-16-29(17-15-26)41-28-11-5-2-6-12-28)23-43-30-13-7-10-27(21-30)36-34(40)31(20-24-18-19-42-22-24)37-33(39)25-8-3-1-4-9-25/h1-22H,23H2,(H,35,38)(H,36,40)(H,37,39)/b31-20-. The summed E-state index contributed by atoms with van der Waals surface area (Å²) in [5.41, 5.74) is 2.56. The number of para-hydroxylation sites is 1. The topological polar surface area (TPSA) is 96.5 Å². The first-order chi connectivity index (χ1) is 21.0. The highest BCUT2D eigenvalue weighted by Gasteiger charge is 2.15. The third-order valence-corrected chi connectivity index (χ3v) is 7.66. The van der Waals surface area contributed by atoms with E-state index in [1.165, 1.54) is 23.1 Å². The smallest absolute Gasteiger partial charge is 0.272 e. The zero-order valence-corrected chi connectivity index (χ0v) is 24.5. The Morgan fingerprint density at radius 2 is 1.47 bits per heavy atom. The number of carbonyl (C=O) groups excluding carboxylic acids is 3. The second-order valence-electron chi connectivity index (χ2n) is 9.19. The summed E-state index contributed by atoms with van der Waals surface area (Å²) in [4.78, 5) is 39.4. The van der Waals surface area contributed by atoms with Crippen LogP contribution in [0.1, 0.15) is 15.9 Å². The molecule has 43 heavy (non-hydrogen) atoms. The van der Waals surface area contributed by atoms with Crippen LogP contribution in [0.4, 0.5) is 11.4 Å². The maximum absolute atomic E-state index is 13.2. The average Bonchev–Trinajstić information content (AvgIpc) is 3.55. The van der Waals surface area contributed by atoms with Crippen LogP contribution in [0.15, 0.2) is 137 Å². The molecule has 0 radical (unpaired) electrons. The Morgan fingerprint density at radius 3 is 2.19 bits per heavy atom. The van der Waals surface area contributed by atoms with Gasteiger partial charge in [0.15, 0.2) is 0 Å². The summed E-state index contributed by atoms with van der Waals surface area (Å²) in [5.74, 6) is 0.573. The fraction of sp³-hybridized carbons (Fsp3) is 0.0294. The summed E-state index contributed by atoms with van der Waals surface area (Å²) >= 11 is 2.84. The number of thioether (sulfide) groups is 1. The van der Waals surface area contributed by atoms with Gasteiger partial charge in [0.2, 0.25) is 5.91 Å². The highest BCUT2D eigenvalue weighted by atomic mass is 32.2. The maximum Gasteiger partial charge on any atom is 0.272 e. The van der Waals surface area contributed by atoms with Gasteiger partial charge in [0.05, 0.1) is 5.75 Å². The highest BCUT2D eigenvalue weighted by molar-refractivity contribution is 8.00. The molecule has 1 aromatic heterocycles. The van der Waals surface area contributed by atoms with Crippen LogP contribution in [-0.2, 0) is 9.59 Å². The number of rotatable bonds is 11. The molecule has 0 unspecified atom stereocenters. The number of hydrogen-bond acceptors (Lipinski definition) is 6. The Labute approximate surface area is 257 Å². The lowest BCUT2D eigenvalue weighted by Gasteiger charge is -2.12. The minimum absolute atomic E-state index is 0.116. The van der Waals surface area contributed by atoms with Crippen LogP contribution in [0.5, 0.6) is 11.5 Å². The number of benzene rings is 4. The van der Waals surface area contributed by atoms with Crippen molar-refractivity contribution in [2.75, 3.05) is 16.4 Å². The van der Waals surface area contributed by atoms with Crippen LogP contribution >= 0.6 is 23.1 Å². The van der Waals surface area contributed by atoms with Crippen molar-refractivity contribution in [2.45, 2.75) is 4.90 Å². The van der Waals surface area contributed by atoms with Crippen LogP contribution in [0, 0.1) is 0 Å². The molecule has 0 atom stereocenters. The normalized spacial score (nSPS) is 10.9. The average molecular weight is 606 g/mol. The fourth-order valence-electron chi connectivity index (χ4n) is 3.91. The third-order valence-electron chi connectivity index (χ3n) is 5.96. The Morgan fingerprint density at radius 1 is 0.744 bits per heavy atom. The van der Waals surface area contributed by atoms with Gasteiger partial charge in [0.25, 0.3) is 11.8 Å². The summed E-state index contributed by atoms with van der Waals surface area (Å²) in [6, 6.07) is 34.4. The van der Waals surface area contributed by atoms with Crippen LogP contribution < -0.4 is 20.7 Å². The molecular formula is C34H27N3O4S2. The summed E-state index contributed by atoms with van der Waals surface area (Å²) in [6.07, 6.45) is 1.63. The zero-order valence-electron chi connectivity index (χ0n) is 22.9. The van der Waals surface area contributed by atoms with Crippen molar-refractivity contribution in [1.82, 2.24) is 5.32 Å². The largest absolute Gasteiger partial charge is 0.457 e. The first-order valence-corrected chi connectivity index (χ1v) is 15.2. The molecule has 0 aliphatic rings. The van der Waals surface area contributed by atoms with E-state index in [1.54, 1.807) is 72.8 Å². The third kappa shape index (κ3) is 8.93. The molecule has 3 amide bonds. The van der Waals surface area contributed by atoms with E-state index in [0.29, 0.717) is 22.7 Å². The quantitative estimate of drug-likeness (QED) is 0.106. The first-order valence-electron chi connectivity index (χ1n) is 13.3. The van der Waals surface area contributed by atoms with Crippen LogP contribution in [0.25, 0.3) is 6.08 Å². The van der Waals surface area contributed by atoms with Gasteiger partial charge < -0.3 is 20.7 Å². The zero-order chi connectivity index (χ0) is 29.9. The van der Waals surface area contributed by atoms with Gasteiger partial charge in [-0.3, -0.25) is 14.4 Å². The van der Waals surface area contributed by atoms with Gasteiger partial charge in [0, 0.05) is 21.8 Å². The maximum atomic E-state index is 13.2. The van der Waals surface area contributed by atoms with E-state index in [-0.39, 0.29) is 23.3 Å². The molecule has 0 spiro atoms. The lowest BCUT2D eigenvalue weighted by molar-refractivity contribution is -0.114. The molecular weight excluding hydrogens is 579 g/mol. The van der Waals surface area contributed by atoms with Gasteiger partial charge in [-0.25, -0.2) is 0 Å². The Balaban J connectivity index is 1.17. The number of amides is 3. The SMILES string of the molecule is O=C(CSc1cccc(NC(=O)/C(=C/c2ccsc2)NC(=O)c2ccccc2)c1)Nc1ccc(Oc2ccccc2)cc1. The summed E-state index contributed by atoms with van der Waals surface area (Å²) in [5, 5.41) is 12.3. The molecule has 4 aromatic carbocycles. The molecule has 5 aromatic rings. The van der Waals surface area contributed by atoms with Gasteiger partial charge in [0.1, 0.15) is 17.2 Å². The van der Waals surface area contributed by atoms with Crippen molar-refractivity contribution >= 4 is 58.3 Å². The lowest BCUT2D eigenvalue weighted by atomic mass is 10.2. The van der Waals surface area contributed by atoms with Crippen molar-refractivity contribution in [1.29, 1.82) is 0 Å². The van der Waals surface area contributed by atoms with E-state index in [4.69, 9.17) is 4.74 Å². The Kier molecular flexibility index (Phi) is 10.0. The molecule has 1 heterocycles. The van der Waals surface area contributed by atoms with E-state index in [9.17, 15) is 14.4 Å². The van der Waals surface area contributed by atoms with Crippen LogP contribution in [0.3, 0.4) is 0 Å². The number of anilines is 2. The number of ether oxygens (including phenoxy) is 1.